The van der Waals surface area contributed by atoms with E-state index in [-0.39, 0.29) is 0 Å². The second-order valence-corrected chi connectivity index (χ2v) is 3.49. The molecule has 0 atom stereocenters. The van der Waals surface area contributed by atoms with Gasteiger partial charge in [-0.1, -0.05) is 78.6 Å². The van der Waals surface area contributed by atoms with Crippen LogP contribution in [0, 0.1) is 13.8 Å². The van der Waals surface area contributed by atoms with Crippen LogP contribution in [0.3, 0.4) is 0 Å². The predicted molar refractivity (Wildman–Crippen MR) is 84.0 cm³/mol. The largest absolute Gasteiger partial charge is 0.0683 e. The van der Waals surface area contributed by atoms with Crippen molar-refractivity contribution in [2.24, 2.45) is 0 Å². The Morgan fingerprint density at radius 1 is 0.824 bits per heavy atom. The van der Waals surface area contributed by atoms with Gasteiger partial charge in [0.25, 0.3) is 0 Å². The fraction of sp³-hybridized carbons (Fsp3) is 0.647. The lowest BCUT2D eigenvalue weighted by atomic mass is 10.0. The van der Waals surface area contributed by atoms with Crippen molar-refractivity contribution < 1.29 is 0 Å². The Bertz CT molecular complexity index is 236. The van der Waals surface area contributed by atoms with Gasteiger partial charge in [0.15, 0.2) is 0 Å². The molecule has 1 aromatic rings. The smallest absolute Gasteiger partial charge is 0.0305 e. The van der Waals surface area contributed by atoms with Gasteiger partial charge < -0.3 is 0 Å². The van der Waals surface area contributed by atoms with Gasteiger partial charge in [-0.2, -0.15) is 0 Å². The van der Waals surface area contributed by atoms with Crippen LogP contribution < -0.4 is 0 Å². The third-order valence-corrected chi connectivity index (χ3v) is 1.89. The molecule has 0 unspecified atom stereocenters. The Hall–Kier alpha value is -0.780. The van der Waals surface area contributed by atoms with Crippen LogP contribution in [0.5, 0.6) is 0 Å². The Balaban J connectivity index is -0.000000239. The monoisotopic (exact) mass is 238 g/mol. The molecule has 1 aromatic carbocycles. The van der Waals surface area contributed by atoms with Crippen LogP contribution in [0.15, 0.2) is 18.2 Å². The number of benzene rings is 1. The minimum absolute atomic E-state index is 1.15. The summed E-state index contributed by atoms with van der Waals surface area (Å²) < 4.78 is 0. The summed E-state index contributed by atoms with van der Waals surface area (Å²) in [5.74, 6) is 0. The van der Waals surface area contributed by atoms with Gasteiger partial charge in [-0.3, -0.25) is 0 Å². The van der Waals surface area contributed by atoms with Crippen LogP contribution >= 0.6 is 0 Å². The summed E-state index contributed by atoms with van der Waals surface area (Å²) >= 11 is 0. The van der Waals surface area contributed by atoms with E-state index in [0.717, 1.165) is 6.42 Å². The lowest BCUT2D eigenvalue weighted by molar-refractivity contribution is 1.09. The summed E-state index contributed by atoms with van der Waals surface area (Å²) in [6.45, 7) is 18.7. The van der Waals surface area contributed by atoms with E-state index in [1.165, 1.54) is 23.1 Å². The Labute approximate surface area is 110 Å². The van der Waals surface area contributed by atoms with Gasteiger partial charge in [-0.05, 0) is 31.4 Å². The van der Waals surface area contributed by atoms with Crippen molar-refractivity contribution in [1.29, 1.82) is 0 Å². The first-order chi connectivity index (χ1) is 8.15. The van der Waals surface area contributed by atoms with Crippen LogP contribution in [-0.4, -0.2) is 0 Å². The van der Waals surface area contributed by atoms with E-state index in [2.05, 4.69) is 52.8 Å². The fourth-order valence-corrected chi connectivity index (χ4v) is 1.18. The lowest BCUT2D eigenvalue weighted by Gasteiger charge is -2.02. The molecule has 0 saturated carbocycles. The molecule has 0 N–H and O–H groups in total. The summed E-state index contributed by atoms with van der Waals surface area (Å²) in [4.78, 5) is 0. The average Bonchev–Trinajstić information content (AvgIpc) is 2.38. The van der Waals surface area contributed by atoms with Crippen LogP contribution in [0.2, 0.25) is 0 Å². The zero-order valence-electron chi connectivity index (χ0n) is 13.6. The van der Waals surface area contributed by atoms with Gasteiger partial charge in [0.1, 0.15) is 0 Å². The first kappa shape index (κ1) is 21.5. The van der Waals surface area contributed by atoms with Crippen molar-refractivity contribution in [1.82, 2.24) is 0 Å². The van der Waals surface area contributed by atoms with E-state index in [1.807, 2.05) is 27.7 Å². The fourth-order valence-electron chi connectivity index (χ4n) is 1.18. The summed E-state index contributed by atoms with van der Waals surface area (Å²) in [6.07, 6.45) is 2.40. The molecule has 0 radical (unpaired) electrons. The average molecular weight is 238 g/mol. The maximum atomic E-state index is 2.26. The number of rotatable bonds is 1. The Morgan fingerprint density at radius 3 is 1.53 bits per heavy atom. The van der Waals surface area contributed by atoms with Crippen molar-refractivity contribution in [3.8, 4) is 0 Å². The second kappa shape index (κ2) is 17.6. The first-order valence-electron chi connectivity index (χ1n) is 7.21. The van der Waals surface area contributed by atoms with Gasteiger partial charge >= 0.3 is 0 Å². The molecule has 0 aliphatic carbocycles. The molecule has 0 nitrogen and oxygen atoms in total. The van der Waals surface area contributed by atoms with Crippen molar-refractivity contribution in [2.75, 3.05) is 0 Å². The van der Waals surface area contributed by atoms with E-state index in [0.29, 0.717) is 0 Å². The van der Waals surface area contributed by atoms with Gasteiger partial charge in [0.2, 0.25) is 0 Å². The highest BCUT2D eigenvalue weighted by Gasteiger charge is 1.93. The zero-order chi connectivity index (χ0) is 14.3. The van der Waals surface area contributed by atoms with Gasteiger partial charge in [0.05, 0.1) is 0 Å². The van der Waals surface area contributed by atoms with E-state index < -0.39 is 0 Å². The van der Waals surface area contributed by atoms with Crippen LogP contribution in [0.4, 0.5) is 0 Å². The van der Waals surface area contributed by atoms with Crippen molar-refractivity contribution in [3.63, 3.8) is 0 Å². The Kier molecular flexibility index (Phi) is 22.3. The topological polar surface area (TPSA) is 0 Å². The third-order valence-electron chi connectivity index (χ3n) is 1.89. The normalized spacial score (nSPS) is 7.59. The molecule has 102 valence electrons. The minimum atomic E-state index is 1.15. The third kappa shape index (κ3) is 13.2. The van der Waals surface area contributed by atoms with Crippen molar-refractivity contribution in [3.05, 3.63) is 34.9 Å². The molecule has 0 aliphatic rings. The number of aryl methyl sites for hydroxylation is 3. The van der Waals surface area contributed by atoms with E-state index in [9.17, 15) is 0 Å². The summed E-state index contributed by atoms with van der Waals surface area (Å²) in [5.41, 5.74) is 4.25. The molecule has 0 saturated heterocycles. The molecular weight excluding hydrogens is 204 g/mol. The van der Waals surface area contributed by atoms with E-state index >= 15 is 0 Å². The SMILES string of the molecule is CC.CC.CCC.CCc1cc(C)ccc1C. The maximum absolute atomic E-state index is 2.26. The Morgan fingerprint density at radius 2 is 1.24 bits per heavy atom. The maximum Gasteiger partial charge on any atom is -0.0305 e. The molecule has 0 amide bonds. The van der Waals surface area contributed by atoms with Crippen LogP contribution in [0.25, 0.3) is 0 Å². The molecule has 0 heterocycles. The summed E-state index contributed by atoms with van der Waals surface area (Å²) in [7, 11) is 0. The molecule has 17 heavy (non-hydrogen) atoms. The molecule has 0 heteroatoms. The lowest BCUT2D eigenvalue weighted by Crippen LogP contribution is -1.86. The van der Waals surface area contributed by atoms with Crippen LogP contribution in [0.1, 0.15) is 71.6 Å². The van der Waals surface area contributed by atoms with Gasteiger partial charge in [0, 0.05) is 0 Å². The van der Waals surface area contributed by atoms with Crippen molar-refractivity contribution >= 4 is 0 Å². The number of hydrogen-bond donors (Lipinski definition) is 0. The molecule has 1 rings (SSSR count). The molecule has 0 bridgehead atoms. The highest BCUT2D eigenvalue weighted by Crippen LogP contribution is 2.10. The number of hydrogen-bond acceptors (Lipinski definition) is 0. The molecule has 0 aromatic heterocycles. The molecule has 0 spiro atoms. The van der Waals surface area contributed by atoms with E-state index in [1.54, 1.807) is 0 Å². The van der Waals surface area contributed by atoms with Gasteiger partial charge in [-0.25, -0.2) is 0 Å². The second-order valence-electron chi connectivity index (χ2n) is 3.49. The van der Waals surface area contributed by atoms with Crippen LogP contribution in [-0.2, 0) is 6.42 Å². The molecule has 0 fully saturated rings. The standard InChI is InChI=1S/C10H14.C3H8.2C2H6/c1-4-10-7-8(2)5-6-9(10)3;1-3-2;2*1-2/h5-7H,4H2,1-3H3;3H2,1-2H3;2*1-2H3. The van der Waals surface area contributed by atoms with Gasteiger partial charge in [-0.15, -0.1) is 0 Å². The summed E-state index contributed by atoms with van der Waals surface area (Å²) in [6, 6.07) is 6.61. The predicted octanol–water partition coefficient (Wildman–Crippen LogP) is 6.33. The summed E-state index contributed by atoms with van der Waals surface area (Å²) in [5, 5.41) is 0. The minimum Gasteiger partial charge on any atom is -0.0683 e. The highest BCUT2D eigenvalue weighted by molar-refractivity contribution is 5.30. The van der Waals surface area contributed by atoms with E-state index in [4.69, 9.17) is 0 Å². The quantitative estimate of drug-likeness (QED) is 0.536. The molecular formula is C17H34. The zero-order valence-corrected chi connectivity index (χ0v) is 13.6. The first-order valence-corrected chi connectivity index (χ1v) is 7.21. The van der Waals surface area contributed by atoms with Crippen molar-refractivity contribution in [2.45, 2.75) is 75.2 Å². The molecule has 0 aliphatic heterocycles. The highest BCUT2D eigenvalue weighted by atomic mass is 14.0.